The Labute approximate surface area is 123 Å². The van der Waals surface area contributed by atoms with Crippen LogP contribution in [0.2, 0.25) is 0 Å². The number of aromatic nitrogens is 2. The molecule has 0 saturated heterocycles. The third-order valence-electron chi connectivity index (χ3n) is 3.16. The summed E-state index contributed by atoms with van der Waals surface area (Å²) >= 11 is 1.77. The lowest BCUT2D eigenvalue weighted by Crippen LogP contribution is -2.12. The van der Waals surface area contributed by atoms with Crippen LogP contribution in [-0.2, 0) is 4.75 Å². The lowest BCUT2D eigenvalue weighted by atomic mass is 10.1. The Bertz CT molecular complexity index is 567. The van der Waals surface area contributed by atoms with Gasteiger partial charge in [-0.25, -0.2) is 4.68 Å². The Morgan fingerprint density at radius 2 is 2.15 bits per heavy atom. The van der Waals surface area contributed by atoms with Crippen LogP contribution in [0.15, 0.2) is 36.5 Å². The monoisotopic (exact) mass is 292 g/mol. The molecule has 0 unspecified atom stereocenters. The van der Waals surface area contributed by atoms with Gasteiger partial charge in [-0.3, -0.25) is 0 Å². The van der Waals surface area contributed by atoms with Gasteiger partial charge in [0, 0.05) is 12.3 Å². The molecule has 0 saturated carbocycles. The molecule has 108 valence electrons. The number of hydrogen-bond acceptors (Lipinski definition) is 4. The number of hydrogen-bond donors (Lipinski definition) is 1. The van der Waals surface area contributed by atoms with Gasteiger partial charge in [-0.05, 0) is 38.3 Å². The van der Waals surface area contributed by atoms with Gasteiger partial charge in [0.2, 0.25) is 0 Å². The van der Waals surface area contributed by atoms with Crippen LogP contribution in [0.3, 0.4) is 0 Å². The van der Waals surface area contributed by atoms with E-state index >= 15 is 0 Å². The minimum atomic E-state index is -0.00372. The SMILES string of the molecule is CSC(C)(C)c1ccn(-c2cccc(OCCO)c2)n1. The second-order valence-electron chi connectivity index (χ2n) is 4.93. The summed E-state index contributed by atoms with van der Waals surface area (Å²) in [5.41, 5.74) is 2.00. The molecule has 1 aromatic carbocycles. The normalized spacial score (nSPS) is 11.6. The van der Waals surface area contributed by atoms with Crippen LogP contribution in [0, 0.1) is 0 Å². The van der Waals surface area contributed by atoms with Crippen molar-refractivity contribution in [2.24, 2.45) is 0 Å². The number of aliphatic hydroxyl groups is 1. The summed E-state index contributed by atoms with van der Waals surface area (Å²) in [6.45, 7) is 4.63. The zero-order valence-electron chi connectivity index (χ0n) is 12.0. The van der Waals surface area contributed by atoms with E-state index in [2.05, 4.69) is 25.2 Å². The number of nitrogens with zero attached hydrogens (tertiary/aromatic N) is 2. The van der Waals surface area contributed by atoms with Gasteiger partial charge in [0.1, 0.15) is 12.4 Å². The number of rotatable bonds is 6. The summed E-state index contributed by atoms with van der Waals surface area (Å²) in [6.07, 6.45) is 4.04. The fourth-order valence-electron chi connectivity index (χ4n) is 1.77. The Balaban J connectivity index is 2.24. The molecule has 0 aliphatic rings. The van der Waals surface area contributed by atoms with E-state index in [1.165, 1.54) is 0 Å². The quantitative estimate of drug-likeness (QED) is 0.889. The third-order valence-corrected chi connectivity index (χ3v) is 4.39. The average Bonchev–Trinajstić information content (AvgIpc) is 2.96. The van der Waals surface area contributed by atoms with E-state index in [0.29, 0.717) is 6.61 Å². The molecule has 2 aromatic rings. The Morgan fingerprint density at radius 3 is 2.85 bits per heavy atom. The summed E-state index contributed by atoms with van der Waals surface area (Å²) in [7, 11) is 0. The fourth-order valence-corrected chi connectivity index (χ4v) is 2.09. The van der Waals surface area contributed by atoms with E-state index in [-0.39, 0.29) is 11.4 Å². The second-order valence-corrected chi connectivity index (χ2v) is 6.36. The standard InChI is InChI=1S/C15H20N2O2S/c1-15(2,20-3)14-7-8-17(16-14)12-5-4-6-13(11-12)19-10-9-18/h4-8,11,18H,9-10H2,1-3H3. The minimum absolute atomic E-state index is 0.00372. The second kappa shape index (κ2) is 6.33. The predicted molar refractivity (Wildman–Crippen MR) is 82.7 cm³/mol. The number of benzene rings is 1. The van der Waals surface area contributed by atoms with Crippen molar-refractivity contribution < 1.29 is 9.84 Å². The molecule has 5 heteroatoms. The van der Waals surface area contributed by atoms with E-state index in [1.54, 1.807) is 11.8 Å². The molecule has 1 aromatic heterocycles. The first-order valence-electron chi connectivity index (χ1n) is 6.52. The molecule has 20 heavy (non-hydrogen) atoms. The molecule has 0 amide bonds. The van der Waals surface area contributed by atoms with Crippen LogP contribution < -0.4 is 4.74 Å². The van der Waals surface area contributed by atoms with Crippen LogP contribution in [0.5, 0.6) is 5.75 Å². The van der Waals surface area contributed by atoms with E-state index in [9.17, 15) is 0 Å². The molecule has 1 N–H and O–H groups in total. The van der Waals surface area contributed by atoms with Gasteiger partial charge in [0.25, 0.3) is 0 Å². The van der Waals surface area contributed by atoms with Gasteiger partial charge in [0.15, 0.2) is 0 Å². The molecule has 4 nitrogen and oxygen atoms in total. The number of aliphatic hydroxyl groups excluding tert-OH is 1. The van der Waals surface area contributed by atoms with Crippen molar-refractivity contribution in [1.82, 2.24) is 9.78 Å². The summed E-state index contributed by atoms with van der Waals surface area (Å²) in [5, 5.41) is 13.4. The van der Waals surface area contributed by atoms with E-state index in [0.717, 1.165) is 17.1 Å². The van der Waals surface area contributed by atoms with Crippen molar-refractivity contribution in [3.8, 4) is 11.4 Å². The summed E-state index contributed by atoms with van der Waals surface area (Å²) < 4.78 is 7.26. The Morgan fingerprint density at radius 1 is 1.35 bits per heavy atom. The van der Waals surface area contributed by atoms with Crippen molar-refractivity contribution >= 4 is 11.8 Å². The van der Waals surface area contributed by atoms with Gasteiger partial charge in [-0.2, -0.15) is 16.9 Å². The molecule has 2 rings (SSSR count). The van der Waals surface area contributed by atoms with Crippen molar-refractivity contribution in [2.45, 2.75) is 18.6 Å². The molecule has 0 bridgehead atoms. The van der Waals surface area contributed by atoms with Gasteiger partial charge < -0.3 is 9.84 Å². The molecule has 0 radical (unpaired) electrons. The first-order chi connectivity index (χ1) is 9.56. The van der Waals surface area contributed by atoms with Crippen LogP contribution >= 0.6 is 11.8 Å². The first-order valence-corrected chi connectivity index (χ1v) is 7.74. The zero-order chi connectivity index (χ0) is 14.6. The molecule has 0 spiro atoms. The molecular weight excluding hydrogens is 272 g/mol. The highest BCUT2D eigenvalue weighted by Gasteiger charge is 2.22. The molecule has 0 fully saturated rings. The maximum absolute atomic E-state index is 8.79. The minimum Gasteiger partial charge on any atom is -0.491 e. The predicted octanol–water partition coefficient (Wildman–Crippen LogP) is 2.84. The van der Waals surface area contributed by atoms with Crippen LogP contribution in [0.1, 0.15) is 19.5 Å². The highest BCUT2D eigenvalue weighted by Crippen LogP contribution is 2.32. The Kier molecular flexibility index (Phi) is 4.73. The maximum atomic E-state index is 8.79. The maximum Gasteiger partial charge on any atom is 0.121 e. The smallest absolute Gasteiger partial charge is 0.121 e. The van der Waals surface area contributed by atoms with E-state index in [4.69, 9.17) is 9.84 Å². The highest BCUT2D eigenvalue weighted by molar-refractivity contribution is 7.99. The molecule has 1 heterocycles. The molecule has 0 aliphatic heterocycles. The van der Waals surface area contributed by atoms with E-state index in [1.807, 2.05) is 41.2 Å². The van der Waals surface area contributed by atoms with Gasteiger partial charge in [-0.1, -0.05) is 6.07 Å². The number of thioether (sulfide) groups is 1. The van der Waals surface area contributed by atoms with Crippen molar-refractivity contribution in [1.29, 1.82) is 0 Å². The van der Waals surface area contributed by atoms with Crippen LogP contribution in [0.4, 0.5) is 0 Å². The molecule has 0 atom stereocenters. The van der Waals surface area contributed by atoms with Gasteiger partial charge >= 0.3 is 0 Å². The van der Waals surface area contributed by atoms with E-state index < -0.39 is 0 Å². The van der Waals surface area contributed by atoms with Crippen LogP contribution in [-0.4, -0.2) is 34.4 Å². The third kappa shape index (κ3) is 3.35. The van der Waals surface area contributed by atoms with Crippen molar-refractivity contribution in [2.75, 3.05) is 19.5 Å². The summed E-state index contributed by atoms with van der Waals surface area (Å²) in [4.78, 5) is 0. The fraction of sp³-hybridized carbons (Fsp3) is 0.400. The zero-order valence-corrected chi connectivity index (χ0v) is 12.9. The molecular formula is C15H20N2O2S. The summed E-state index contributed by atoms with van der Waals surface area (Å²) in [5.74, 6) is 0.734. The highest BCUT2D eigenvalue weighted by atomic mass is 32.2. The lowest BCUT2D eigenvalue weighted by Gasteiger charge is -2.18. The van der Waals surface area contributed by atoms with Gasteiger partial charge in [-0.15, -0.1) is 0 Å². The topological polar surface area (TPSA) is 47.3 Å². The largest absolute Gasteiger partial charge is 0.491 e. The van der Waals surface area contributed by atoms with Crippen molar-refractivity contribution in [3.05, 3.63) is 42.2 Å². The Hall–Kier alpha value is -1.46. The summed E-state index contributed by atoms with van der Waals surface area (Å²) in [6, 6.07) is 9.73. The first kappa shape index (κ1) is 14.9. The molecule has 0 aliphatic carbocycles. The van der Waals surface area contributed by atoms with Crippen LogP contribution in [0.25, 0.3) is 5.69 Å². The van der Waals surface area contributed by atoms with Gasteiger partial charge in [0.05, 0.1) is 22.7 Å². The number of ether oxygens (including phenoxy) is 1. The average molecular weight is 292 g/mol. The van der Waals surface area contributed by atoms with Crippen molar-refractivity contribution in [3.63, 3.8) is 0 Å². The lowest BCUT2D eigenvalue weighted by molar-refractivity contribution is 0.201.